The third-order valence-electron chi connectivity index (χ3n) is 6.33. The second-order valence-electron chi connectivity index (χ2n) is 7.33. The van der Waals surface area contributed by atoms with Crippen molar-refractivity contribution >= 4 is 10.9 Å². The van der Waals surface area contributed by atoms with Gasteiger partial charge in [0, 0.05) is 29.7 Å². The van der Waals surface area contributed by atoms with Crippen LogP contribution in [0, 0.1) is 11.8 Å². The highest BCUT2D eigenvalue weighted by atomic mass is 16.5. The first-order chi connectivity index (χ1) is 10.8. The lowest BCUT2D eigenvalue weighted by molar-refractivity contribution is 0.198. The van der Waals surface area contributed by atoms with Crippen molar-refractivity contribution in [2.45, 2.75) is 38.1 Å². The molecule has 3 atom stereocenters. The molecule has 3 nitrogen and oxygen atoms in total. The van der Waals surface area contributed by atoms with E-state index in [4.69, 9.17) is 4.74 Å². The number of rotatable bonds is 1. The lowest BCUT2D eigenvalue weighted by Gasteiger charge is -2.34. The topological polar surface area (TPSA) is 28.3 Å². The van der Waals surface area contributed by atoms with Gasteiger partial charge in [-0.05, 0) is 54.9 Å². The van der Waals surface area contributed by atoms with Gasteiger partial charge in [0.15, 0.2) is 0 Å². The van der Waals surface area contributed by atoms with Crippen LogP contribution < -0.4 is 4.74 Å². The number of methoxy groups -OCH3 is 1. The SMILES string of the molecule is COc1ccc2[nH]c3c(c2c1)CCN1C[C@H]2CCCC[C@@H]2[C@H]31. The molecule has 0 amide bonds. The molecular formula is C19H24N2O. The van der Waals surface area contributed by atoms with Crippen molar-refractivity contribution in [3.63, 3.8) is 0 Å². The van der Waals surface area contributed by atoms with Gasteiger partial charge in [0.05, 0.1) is 13.2 Å². The Bertz CT molecular complexity index is 720. The summed E-state index contributed by atoms with van der Waals surface area (Å²) in [6.07, 6.45) is 6.91. The number of aromatic amines is 1. The van der Waals surface area contributed by atoms with Crippen molar-refractivity contribution < 1.29 is 4.74 Å². The smallest absolute Gasteiger partial charge is 0.119 e. The maximum atomic E-state index is 5.43. The Morgan fingerprint density at radius 3 is 3.05 bits per heavy atom. The Hall–Kier alpha value is -1.48. The van der Waals surface area contributed by atoms with Gasteiger partial charge in [0.2, 0.25) is 0 Å². The van der Waals surface area contributed by atoms with E-state index >= 15 is 0 Å². The zero-order chi connectivity index (χ0) is 14.7. The van der Waals surface area contributed by atoms with Crippen LogP contribution in [0.15, 0.2) is 18.2 Å². The molecule has 0 radical (unpaired) electrons. The molecule has 2 fully saturated rings. The molecule has 1 aromatic carbocycles. The first kappa shape index (κ1) is 13.0. The fraction of sp³-hybridized carbons (Fsp3) is 0.579. The number of nitrogens with zero attached hydrogens (tertiary/aromatic N) is 1. The Morgan fingerprint density at radius 2 is 2.14 bits per heavy atom. The zero-order valence-electron chi connectivity index (χ0n) is 13.3. The van der Waals surface area contributed by atoms with Gasteiger partial charge in [-0.15, -0.1) is 0 Å². The largest absolute Gasteiger partial charge is 0.497 e. The molecule has 1 aromatic heterocycles. The molecule has 3 aliphatic rings. The van der Waals surface area contributed by atoms with Crippen molar-refractivity contribution in [1.29, 1.82) is 0 Å². The number of nitrogens with one attached hydrogen (secondary N) is 1. The minimum Gasteiger partial charge on any atom is -0.497 e. The van der Waals surface area contributed by atoms with Crippen LogP contribution in [0.4, 0.5) is 0 Å². The molecule has 1 N–H and O–H groups in total. The standard InChI is InChI=1S/C19H24N2O/c1-22-13-6-7-17-16(10-13)15-8-9-21-11-12-4-2-3-5-14(12)19(21)18(15)20-17/h6-7,10,12,14,19-20H,2-5,8-9,11H2,1H3/t12-,14+,19-/m1/s1. The van der Waals surface area contributed by atoms with E-state index in [9.17, 15) is 0 Å². The highest BCUT2D eigenvalue weighted by molar-refractivity contribution is 5.86. The molecule has 2 aliphatic heterocycles. The van der Waals surface area contributed by atoms with Gasteiger partial charge in [-0.3, -0.25) is 4.90 Å². The van der Waals surface area contributed by atoms with Crippen molar-refractivity contribution in [2.75, 3.05) is 20.2 Å². The highest BCUT2D eigenvalue weighted by Gasteiger charge is 2.46. The molecule has 1 saturated carbocycles. The highest BCUT2D eigenvalue weighted by Crippen LogP contribution is 2.51. The zero-order valence-corrected chi connectivity index (χ0v) is 13.3. The van der Waals surface area contributed by atoms with E-state index in [1.54, 1.807) is 12.7 Å². The minimum atomic E-state index is 0.646. The average Bonchev–Trinajstić information content (AvgIpc) is 3.11. The summed E-state index contributed by atoms with van der Waals surface area (Å²) in [5.74, 6) is 2.78. The van der Waals surface area contributed by atoms with Gasteiger partial charge >= 0.3 is 0 Å². The molecule has 2 aromatic rings. The summed E-state index contributed by atoms with van der Waals surface area (Å²) in [6, 6.07) is 7.12. The van der Waals surface area contributed by atoms with Gasteiger partial charge in [-0.1, -0.05) is 12.8 Å². The summed E-state index contributed by atoms with van der Waals surface area (Å²) in [7, 11) is 1.76. The third-order valence-corrected chi connectivity index (χ3v) is 6.33. The van der Waals surface area contributed by atoms with Crippen LogP contribution in [-0.4, -0.2) is 30.1 Å². The van der Waals surface area contributed by atoms with Gasteiger partial charge in [-0.2, -0.15) is 0 Å². The van der Waals surface area contributed by atoms with E-state index in [2.05, 4.69) is 28.1 Å². The van der Waals surface area contributed by atoms with Crippen molar-refractivity contribution in [1.82, 2.24) is 9.88 Å². The lowest BCUT2D eigenvalue weighted by atomic mass is 9.77. The number of aromatic nitrogens is 1. The van der Waals surface area contributed by atoms with Gasteiger partial charge in [-0.25, -0.2) is 0 Å². The van der Waals surface area contributed by atoms with Crippen LogP contribution in [-0.2, 0) is 6.42 Å². The van der Waals surface area contributed by atoms with Crippen LogP contribution in [0.1, 0.15) is 43.0 Å². The number of benzene rings is 1. The normalized spacial score (nSPS) is 30.9. The van der Waals surface area contributed by atoms with E-state index in [0.717, 1.165) is 17.6 Å². The fourth-order valence-electron chi connectivity index (χ4n) is 5.34. The Labute approximate surface area is 131 Å². The number of fused-ring (bicyclic) bond motifs is 7. The number of hydrogen-bond donors (Lipinski definition) is 1. The predicted molar refractivity (Wildman–Crippen MR) is 88.3 cm³/mol. The minimum absolute atomic E-state index is 0.646. The van der Waals surface area contributed by atoms with Crippen LogP contribution in [0.25, 0.3) is 10.9 Å². The number of ether oxygens (including phenoxy) is 1. The summed E-state index contributed by atoms with van der Waals surface area (Å²) in [6.45, 7) is 2.56. The molecule has 1 saturated heterocycles. The molecule has 22 heavy (non-hydrogen) atoms. The lowest BCUT2D eigenvalue weighted by Crippen LogP contribution is -2.32. The summed E-state index contributed by atoms with van der Waals surface area (Å²) in [5.41, 5.74) is 4.36. The number of H-pyrrole nitrogens is 1. The third kappa shape index (κ3) is 1.72. The van der Waals surface area contributed by atoms with Crippen LogP contribution in [0.2, 0.25) is 0 Å². The van der Waals surface area contributed by atoms with Crippen LogP contribution >= 0.6 is 0 Å². The fourth-order valence-corrected chi connectivity index (χ4v) is 5.34. The van der Waals surface area contributed by atoms with Gasteiger partial charge in [0.25, 0.3) is 0 Å². The average molecular weight is 296 g/mol. The van der Waals surface area contributed by atoms with Gasteiger partial charge in [0.1, 0.15) is 5.75 Å². The van der Waals surface area contributed by atoms with E-state index in [0.29, 0.717) is 6.04 Å². The molecule has 3 heteroatoms. The van der Waals surface area contributed by atoms with Crippen molar-refractivity contribution in [2.24, 2.45) is 11.8 Å². The first-order valence-electron chi connectivity index (χ1n) is 8.77. The monoisotopic (exact) mass is 296 g/mol. The van der Waals surface area contributed by atoms with Crippen LogP contribution in [0.3, 0.4) is 0 Å². The summed E-state index contributed by atoms with van der Waals surface area (Å²) in [5, 5.41) is 1.38. The van der Waals surface area contributed by atoms with E-state index in [-0.39, 0.29) is 0 Å². The molecular weight excluding hydrogens is 272 g/mol. The van der Waals surface area contributed by atoms with Gasteiger partial charge < -0.3 is 9.72 Å². The second-order valence-corrected chi connectivity index (χ2v) is 7.33. The van der Waals surface area contributed by atoms with E-state index < -0.39 is 0 Å². The molecule has 116 valence electrons. The maximum Gasteiger partial charge on any atom is 0.119 e. The molecule has 0 spiro atoms. The van der Waals surface area contributed by atoms with Crippen molar-refractivity contribution in [3.8, 4) is 5.75 Å². The van der Waals surface area contributed by atoms with Crippen molar-refractivity contribution in [3.05, 3.63) is 29.5 Å². The summed E-state index contributed by atoms with van der Waals surface area (Å²) < 4.78 is 5.43. The van der Waals surface area contributed by atoms with E-state index in [1.807, 2.05) is 0 Å². The van der Waals surface area contributed by atoms with E-state index in [1.165, 1.54) is 61.8 Å². The number of hydrogen-bond acceptors (Lipinski definition) is 2. The first-order valence-corrected chi connectivity index (χ1v) is 8.77. The molecule has 3 heterocycles. The molecule has 1 aliphatic carbocycles. The summed E-state index contributed by atoms with van der Waals surface area (Å²) >= 11 is 0. The molecule has 0 unspecified atom stereocenters. The predicted octanol–water partition coefficient (Wildman–Crippen LogP) is 3.90. The second kappa shape index (κ2) is 4.76. The maximum absolute atomic E-state index is 5.43. The molecule has 0 bridgehead atoms. The molecule has 5 rings (SSSR count). The summed E-state index contributed by atoms with van der Waals surface area (Å²) in [4.78, 5) is 6.53. The van der Waals surface area contributed by atoms with Crippen LogP contribution in [0.5, 0.6) is 5.75 Å². The Balaban J connectivity index is 1.64. The Kier molecular flexibility index (Phi) is 2.81. The Morgan fingerprint density at radius 1 is 1.23 bits per heavy atom. The quantitative estimate of drug-likeness (QED) is 0.864.